The van der Waals surface area contributed by atoms with E-state index in [1.54, 1.807) is 18.5 Å². The number of nitrogens with one attached hydrogen (secondary N) is 1. The molecule has 1 N–H and O–H groups in total. The van der Waals surface area contributed by atoms with Crippen LogP contribution in [0.4, 0.5) is 11.6 Å². The van der Waals surface area contributed by atoms with Crippen LogP contribution in [0.25, 0.3) is 0 Å². The molecule has 8 heteroatoms. The maximum atomic E-state index is 12.8. The number of hydrogen-bond donors (Lipinski definition) is 1. The molecule has 2 aliphatic rings. The van der Waals surface area contributed by atoms with Gasteiger partial charge in [0.25, 0.3) is 5.91 Å². The fourth-order valence-electron chi connectivity index (χ4n) is 4.59. The number of hydrogen-bond acceptors (Lipinski definition) is 6. The predicted octanol–water partition coefficient (Wildman–Crippen LogP) is 2.87. The molecule has 0 radical (unpaired) electrons. The number of amides is 2. The molecule has 0 spiro atoms. The van der Waals surface area contributed by atoms with E-state index in [0.29, 0.717) is 44.2 Å². The van der Waals surface area contributed by atoms with E-state index < -0.39 is 0 Å². The van der Waals surface area contributed by atoms with Crippen molar-refractivity contribution < 1.29 is 14.3 Å². The number of aryl methyl sites for hydroxylation is 2. The standard InChI is InChI=1S/C27H29N5O3/c33-25(19-35-24-10-7-21-3-1-4-22(21)18-24)30-23-8-5-20(6-9-23)17-26(34)31-13-15-32(16-14-31)27-28-11-2-12-29-27/h2,5-12,18H,1,3-4,13-17,19H2,(H,30,33). The number of aromatic nitrogens is 2. The van der Waals surface area contributed by atoms with Crippen LogP contribution in [0.1, 0.15) is 23.1 Å². The van der Waals surface area contributed by atoms with E-state index in [2.05, 4.69) is 26.3 Å². The molecule has 2 heterocycles. The highest BCUT2D eigenvalue weighted by atomic mass is 16.5. The molecular weight excluding hydrogens is 442 g/mol. The summed E-state index contributed by atoms with van der Waals surface area (Å²) in [5, 5.41) is 2.85. The second-order valence-electron chi connectivity index (χ2n) is 8.91. The monoisotopic (exact) mass is 471 g/mol. The van der Waals surface area contributed by atoms with Crippen molar-refractivity contribution in [2.45, 2.75) is 25.7 Å². The number of carbonyl (C=O) groups excluding carboxylic acids is 2. The quantitative estimate of drug-likeness (QED) is 0.570. The summed E-state index contributed by atoms with van der Waals surface area (Å²) in [5.41, 5.74) is 4.29. The van der Waals surface area contributed by atoms with Crippen molar-refractivity contribution in [3.05, 3.63) is 77.6 Å². The lowest BCUT2D eigenvalue weighted by Crippen LogP contribution is -2.49. The van der Waals surface area contributed by atoms with Crippen molar-refractivity contribution in [3.63, 3.8) is 0 Å². The number of piperazine rings is 1. The van der Waals surface area contributed by atoms with Gasteiger partial charge >= 0.3 is 0 Å². The van der Waals surface area contributed by atoms with Crippen molar-refractivity contribution in [2.75, 3.05) is 43.0 Å². The zero-order valence-corrected chi connectivity index (χ0v) is 19.7. The van der Waals surface area contributed by atoms with Crippen LogP contribution in [0.15, 0.2) is 60.9 Å². The average Bonchev–Trinajstić information content (AvgIpc) is 3.37. The van der Waals surface area contributed by atoms with Crippen molar-refractivity contribution in [2.24, 2.45) is 0 Å². The molecule has 0 saturated carbocycles. The zero-order chi connectivity index (χ0) is 24.0. The summed E-state index contributed by atoms with van der Waals surface area (Å²) in [6.07, 6.45) is 7.17. The fraction of sp³-hybridized carbons (Fsp3) is 0.333. The molecule has 0 unspecified atom stereocenters. The van der Waals surface area contributed by atoms with Crippen LogP contribution in [-0.2, 0) is 28.9 Å². The van der Waals surface area contributed by atoms with Crippen LogP contribution in [0.5, 0.6) is 5.75 Å². The summed E-state index contributed by atoms with van der Waals surface area (Å²) in [6.45, 7) is 2.69. The molecule has 3 aromatic rings. The predicted molar refractivity (Wildman–Crippen MR) is 134 cm³/mol. The summed E-state index contributed by atoms with van der Waals surface area (Å²) >= 11 is 0. The summed E-state index contributed by atoms with van der Waals surface area (Å²) in [4.78, 5) is 37.6. The van der Waals surface area contributed by atoms with E-state index in [9.17, 15) is 9.59 Å². The molecule has 0 atom stereocenters. The van der Waals surface area contributed by atoms with Gasteiger partial charge in [-0.05, 0) is 66.3 Å². The van der Waals surface area contributed by atoms with Gasteiger partial charge in [-0.15, -0.1) is 0 Å². The molecule has 35 heavy (non-hydrogen) atoms. The van der Waals surface area contributed by atoms with Gasteiger partial charge in [0.15, 0.2) is 6.61 Å². The first-order valence-electron chi connectivity index (χ1n) is 12.1. The number of rotatable bonds is 7. The Kier molecular flexibility index (Phi) is 6.88. The Balaban J connectivity index is 1.06. The highest BCUT2D eigenvalue weighted by molar-refractivity contribution is 5.92. The normalized spacial score (nSPS) is 15.0. The zero-order valence-electron chi connectivity index (χ0n) is 19.7. The lowest BCUT2D eigenvalue weighted by Gasteiger charge is -2.34. The molecule has 2 aromatic carbocycles. The first-order valence-corrected chi connectivity index (χ1v) is 12.1. The van der Waals surface area contributed by atoms with Crippen LogP contribution >= 0.6 is 0 Å². The van der Waals surface area contributed by atoms with Gasteiger partial charge in [-0.2, -0.15) is 0 Å². The second kappa shape index (κ2) is 10.5. The number of fused-ring (bicyclic) bond motifs is 1. The Labute approximate surface area is 204 Å². The van der Waals surface area contributed by atoms with Crippen LogP contribution < -0.4 is 15.0 Å². The van der Waals surface area contributed by atoms with Gasteiger partial charge in [-0.25, -0.2) is 9.97 Å². The van der Waals surface area contributed by atoms with E-state index in [4.69, 9.17) is 4.74 Å². The Bertz CT molecular complexity index is 1180. The molecule has 2 amide bonds. The summed E-state index contributed by atoms with van der Waals surface area (Å²) in [7, 11) is 0. The Morgan fingerprint density at radius 3 is 2.43 bits per heavy atom. The topological polar surface area (TPSA) is 87.7 Å². The smallest absolute Gasteiger partial charge is 0.262 e. The number of ether oxygens (including phenoxy) is 1. The number of nitrogens with zero attached hydrogens (tertiary/aromatic N) is 4. The number of carbonyl (C=O) groups is 2. The minimum absolute atomic E-state index is 0.0426. The van der Waals surface area contributed by atoms with Crippen LogP contribution in [0.2, 0.25) is 0 Å². The van der Waals surface area contributed by atoms with Gasteiger partial charge in [-0.3, -0.25) is 9.59 Å². The third-order valence-corrected chi connectivity index (χ3v) is 6.50. The fourth-order valence-corrected chi connectivity index (χ4v) is 4.59. The van der Waals surface area contributed by atoms with Crippen molar-refractivity contribution in [3.8, 4) is 5.75 Å². The lowest BCUT2D eigenvalue weighted by atomic mass is 10.1. The van der Waals surface area contributed by atoms with Crippen molar-refractivity contribution >= 4 is 23.5 Å². The van der Waals surface area contributed by atoms with Gasteiger partial charge in [-0.1, -0.05) is 18.2 Å². The highest BCUT2D eigenvalue weighted by Gasteiger charge is 2.22. The summed E-state index contributed by atoms with van der Waals surface area (Å²) < 4.78 is 5.67. The third kappa shape index (κ3) is 5.77. The first-order chi connectivity index (χ1) is 17.1. The molecular formula is C27H29N5O3. The summed E-state index contributed by atoms with van der Waals surface area (Å²) in [5.74, 6) is 1.31. The third-order valence-electron chi connectivity index (χ3n) is 6.50. The van der Waals surface area contributed by atoms with Gasteiger partial charge in [0, 0.05) is 44.3 Å². The van der Waals surface area contributed by atoms with Crippen molar-refractivity contribution in [1.29, 1.82) is 0 Å². The molecule has 8 nitrogen and oxygen atoms in total. The maximum Gasteiger partial charge on any atom is 0.262 e. The van der Waals surface area contributed by atoms with E-state index in [-0.39, 0.29) is 18.4 Å². The van der Waals surface area contributed by atoms with Crippen LogP contribution in [0, 0.1) is 0 Å². The van der Waals surface area contributed by atoms with Crippen molar-refractivity contribution in [1.82, 2.24) is 14.9 Å². The molecule has 0 bridgehead atoms. The number of anilines is 2. The number of benzene rings is 2. The largest absolute Gasteiger partial charge is 0.484 e. The molecule has 1 aliphatic heterocycles. The van der Waals surface area contributed by atoms with Crippen LogP contribution in [0.3, 0.4) is 0 Å². The molecule has 180 valence electrons. The Hall–Kier alpha value is -3.94. The van der Waals surface area contributed by atoms with Gasteiger partial charge in [0.05, 0.1) is 6.42 Å². The van der Waals surface area contributed by atoms with Gasteiger partial charge < -0.3 is 19.9 Å². The van der Waals surface area contributed by atoms with E-state index in [1.165, 1.54) is 17.5 Å². The molecule has 5 rings (SSSR count). The average molecular weight is 472 g/mol. The van der Waals surface area contributed by atoms with Crippen LogP contribution in [-0.4, -0.2) is 59.5 Å². The Morgan fingerprint density at radius 1 is 0.914 bits per heavy atom. The molecule has 1 fully saturated rings. The highest BCUT2D eigenvalue weighted by Crippen LogP contribution is 2.26. The maximum absolute atomic E-state index is 12.8. The van der Waals surface area contributed by atoms with E-state index in [0.717, 1.165) is 24.2 Å². The van der Waals surface area contributed by atoms with E-state index in [1.807, 2.05) is 41.3 Å². The van der Waals surface area contributed by atoms with E-state index >= 15 is 0 Å². The minimum atomic E-state index is -0.213. The lowest BCUT2D eigenvalue weighted by molar-refractivity contribution is -0.130. The van der Waals surface area contributed by atoms with Gasteiger partial charge in [0.2, 0.25) is 11.9 Å². The molecule has 1 aromatic heterocycles. The second-order valence-corrected chi connectivity index (χ2v) is 8.91. The summed E-state index contributed by atoms with van der Waals surface area (Å²) in [6, 6.07) is 15.2. The molecule has 1 aliphatic carbocycles. The van der Waals surface area contributed by atoms with Gasteiger partial charge in [0.1, 0.15) is 5.75 Å². The SMILES string of the molecule is O=C(COc1ccc2c(c1)CCC2)Nc1ccc(CC(=O)N2CCN(c3ncccn3)CC2)cc1. The Morgan fingerprint density at radius 2 is 1.66 bits per heavy atom. The molecule has 1 saturated heterocycles. The minimum Gasteiger partial charge on any atom is -0.484 e. The first kappa shape index (κ1) is 22.8.